The summed E-state index contributed by atoms with van der Waals surface area (Å²) in [4.78, 5) is 0. The Hall–Kier alpha value is -2.02. The highest BCUT2D eigenvalue weighted by Crippen LogP contribution is 2.50. The summed E-state index contributed by atoms with van der Waals surface area (Å²) in [5.41, 5.74) is 8.86. The van der Waals surface area contributed by atoms with Crippen LogP contribution < -0.4 is 0 Å². The second-order valence-electron chi connectivity index (χ2n) is 13.8. The van der Waals surface area contributed by atoms with Gasteiger partial charge in [0.05, 0.1) is 0 Å². The van der Waals surface area contributed by atoms with E-state index in [1.54, 1.807) is 11.1 Å². The van der Waals surface area contributed by atoms with Gasteiger partial charge in [-0.05, 0) is 128 Å². The fraction of sp³-hybridized carbons (Fsp3) is 0.650. The molecule has 0 N–H and O–H groups in total. The Bertz CT molecular complexity index is 1150. The molecule has 0 spiro atoms. The van der Waals surface area contributed by atoms with E-state index < -0.39 is 0 Å². The minimum absolute atomic E-state index is 0.770. The molecule has 4 rings (SSSR count). The molecule has 2 aromatic rings. The molecule has 1 heteroatoms. The highest BCUT2D eigenvalue weighted by atomic mass is 16.3. The van der Waals surface area contributed by atoms with Gasteiger partial charge in [-0.2, -0.15) is 0 Å². The van der Waals surface area contributed by atoms with Crippen LogP contribution in [0.4, 0.5) is 0 Å². The molecule has 1 nitrogen and oxygen atoms in total. The van der Waals surface area contributed by atoms with Gasteiger partial charge >= 0.3 is 0 Å². The number of rotatable bonds is 16. The molecule has 2 saturated carbocycles. The van der Waals surface area contributed by atoms with E-state index in [0.29, 0.717) is 0 Å². The Morgan fingerprint density at radius 2 is 1.71 bits per heavy atom. The fourth-order valence-electron chi connectivity index (χ4n) is 7.33. The summed E-state index contributed by atoms with van der Waals surface area (Å²) in [7, 11) is 0. The molecule has 1 aromatic heterocycles. The maximum absolute atomic E-state index is 6.19. The summed E-state index contributed by atoms with van der Waals surface area (Å²) in [6, 6.07) is 9.50. The highest BCUT2D eigenvalue weighted by molar-refractivity contribution is 5.82. The Morgan fingerprint density at radius 1 is 0.951 bits per heavy atom. The van der Waals surface area contributed by atoms with E-state index >= 15 is 0 Å². The van der Waals surface area contributed by atoms with Gasteiger partial charge in [-0.3, -0.25) is 0 Å². The van der Waals surface area contributed by atoms with E-state index in [0.717, 1.165) is 60.4 Å². The second kappa shape index (κ2) is 15.5. The summed E-state index contributed by atoms with van der Waals surface area (Å²) >= 11 is 0. The molecule has 41 heavy (non-hydrogen) atoms. The Labute approximate surface area is 253 Å². The molecule has 2 atom stereocenters. The summed E-state index contributed by atoms with van der Waals surface area (Å²) in [5.74, 6) is 6.40. The van der Waals surface area contributed by atoms with Crippen molar-refractivity contribution in [2.24, 2.45) is 17.8 Å². The van der Waals surface area contributed by atoms with Gasteiger partial charge in [0, 0.05) is 12.0 Å². The van der Waals surface area contributed by atoms with Crippen molar-refractivity contribution in [1.82, 2.24) is 0 Å². The van der Waals surface area contributed by atoms with Gasteiger partial charge in [-0.25, -0.2) is 0 Å². The Kier molecular flexibility index (Phi) is 12.0. The van der Waals surface area contributed by atoms with Crippen LogP contribution >= 0.6 is 0 Å². The van der Waals surface area contributed by atoms with E-state index in [9.17, 15) is 0 Å². The molecule has 1 aromatic carbocycles. The lowest BCUT2D eigenvalue weighted by atomic mass is 9.64. The van der Waals surface area contributed by atoms with Crippen molar-refractivity contribution in [3.63, 3.8) is 0 Å². The van der Waals surface area contributed by atoms with Crippen molar-refractivity contribution in [2.45, 2.75) is 150 Å². The smallest absolute Gasteiger partial charge is 0.133 e. The molecule has 1 heterocycles. The highest BCUT2D eigenvalue weighted by Gasteiger charge is 2.35. The van der Waals surface area contributed by atoms with Crippen LogP contribution in [0.25, 0.3) is 11.1 Å². The molecular weight excluding hydrogens is 496 g/mol. The first-order valence-electron chi connectivity index (χ1n) is 17.5. The predicted octanol–water partition coefficient (Wildman–Crippen LogP) is 12.8. The van der Waals surface area contributed by atoms with Crippen molar-refractivity contribution in [2.75, 3.05) is 0 Å². The van der Waals surface area contributed by atoms with E-state index in [-0.39, 0.29) is 0 Å². The first kappa shape index (κ1) is 31.9. The quantitative estimate of drug-likeness (QED) is 0.187. The number of hydrogen-bond acceptors (Lipinski definition) is 1. The zero-order chi connectivity index (χ0) is 29.4. The maximum atomic E-state index is 6.19. The number of benzene rings is 1. The number of aryl methyl sites for hydroxylation is 2. The molecule has 0 radical (unpaired) electrons. The molecule has 2 aliphatic carbocycles. The molecule has 226 valence electrons. The van der Waals surface area contributed by atoms with Gasteiger partial charge < -0.3 is 4.42 Å². The van der Waals surface area contributed by atoms with Gasteiger partial charge in [0.25, 0.3) is 0 Å². The molecule has 0 aliphatic heterocycles. The van der Waals surface area contributed by atoms with Crippen molar-refractivity contribution in [1.29, 1.82) is 0 Å². The van der Waals surface area contributed by atoms with Crippen molar-refractivity contribution >= 4 is 11.1 Å². The number of hydrogen-bond donors (Lipinski definition) is 0. The van der Waals surface area contributed by atoms with Gasteiger partial charge in [0.15, 0.2) is 0 Å². The van der Waals surface area contributed by atoms with E-state index in [1.807, 2.05) is 0 Å². The average molecular weight is 557 g/mol. The van der Waals surface area contributed by atoms with Crippen LogP contribution in [0.2, 0.25) is 0 Å². The normalized spacial score (nSPS) is 21.4. The van der Waals surface area contributed by atoms with Gasteiger partial charge in [0.1, 0.15) is 11.5 Å². The average Bonchev–Trinajstić information content (AvgIpc) is 3.40. The summed E-state index contributed by atoms with van der Waals surface area (Å²) in [6.45, 7) is 16.2. The van der Waals surface area contributed by atoms with Gasteiger partial charge in [0.2, 0.25) is 0 Å². The van der Waals surface area contributed by atoms with Crippen LogP contribution in [0.15, 0.2) is 40.8 Å². The monoisotopic (exact) mass is 556 g/mol. The van der Waals surface area contributed by atoms with Crippen molar-refractivity contribution < 1.29 is 4.42 Å². The van der Waals surface area contributed by atoms with Gasteiger partial charge in [-0.15, -0.1) is 0 Å². The van der Waals surface area contributed by atoms with Crippen LogP contribution in [-0.2, 0) is 6.42 Å². The minimum Gasteiger partial charge on any atom is -0.461 e. The third kappa shape index (κ3) is 8.30. The third-order valence-electron chi connectivity index (χ3n) is 10.5. The molecule has 2 fully saturated rings. The zero-order valence-corrected chi connectivity index (χ0v) is 27.7. The van der Waals surface area contributed by atoms with Crippen molar-refractivity contribution in [3.05, 3.63) is 70.2 Å². The molecule has 0 bridgehead atoms. The standard InChI is InChI=1S/C40H60O/c1-8-12-15-34(40-21-20-36(11-4)41-40)22-29(6)37-27-39(33-16-13-17-33)38(23-30(37)7)35-25-32(26-35)24-31(14-9-2)19-18-28(5)10-3/h15,20-23,27-28,31-33,35H,8-14,16-19,24-26H2,1-7H3/b29-22-,34-15-. The van der Waals surface area contributed by atoms with Crippen LogP contribution in [0, 0.1) is 24.7 Å². The summed E-state index contributed by atoms with van der Waals surface area (Å²) < 4.78 is 6.19. The topological polar surface area (TPSA) is 13.1 Å². The number of allylic oxidation sites excluding steroid dienone is 4. The largest absolute Gasteiger partial charge is 0.461 e. The van der Waals surface area contributed by atoms with Crippen LogP contribution in [0.3, 0.4) is 0 Å². The number of unbranched alkanes of at least 4 members (excludes halogenated alkanes) is 1. The van der Waals surface area contributed by atoms with Gasteiger partial charge in [-0.1, -0.05) is 97.8 Å². The Morgan fingerprint density at radius 3 is 2.32 bits per heavy atom. The SMILES string of the molecule is CCC/C=C(/C=C(/C)c1cc(C2CCC2)c(C2CC(CC(CCC)CCC(C)CC)C2)cc1C)c1ccc(CC)o1. The summed E-state index contributed by atoms with van der Waals surface area (Å²) in [6.07, 6.45) is 23.3. The minimum atomic E-state index is 0.770. The molecule has 2 aliphatic rings. The van der Waals surface area contributed by atoms with Crippen LogP contribution in [0.1, 0.15) is 171 Å². The van der Waals surface area contributed by atoms with E-state index in [1.165, 1.54) is 92.9 Å². The van der Waals surface area contributed by atoms with E-state index in [2.05, 4.69) is 84.9 Å². The van der Waals surface area contributed by atoms with Crippen LogP contribution in [0.5, 0.6) is 0 Å². The predicted molar refractivity (Wildman–Crippen MR) is 180 cm³/mol. The second-order valence-corrected chi connectivity index (χ2v) is 13.8. The number of furan rings is 1. The third-order valence-corrected chi connectivity index (χ3v) is 10.5. The summed E-state index contributed by atoms with van der Waals surface area (Å²) in [5, 5.41) is 0. The fourth-order valence-corrected chi connectivity index (χ4v) is 7.33. The maximum Gasteiger partial charge on any atom is 0.133 e. The molecular formula is C40H60O. The first-order chi connectivity index (χ1) is 19.9. The van der Waals surface area contributed by atoms with Crippen molar-refractivity contribution in [3.8, 4) is 0 Å². The molecule has 2 unspecified atom stereocenters. The lowest BCUT2D eigenvalue weighted by Gasteiger charge is -2.41. The Balaban J connectivity index is 1.52. The molecule has 0 amide bonds. The zero-order valence-electron chi connectivity index (χ0n) is 27.7. The lowest BCUT2D eigenvalue weighted by molar-refractivity contribution is 0.195. The molecule has 0 saturated heterocycles. The van der Waals surface area contributed by atoms with Crippen LogP contribution in [-0.4, -0.2) is 0 Å². The first-order valence-corrected chi connectivity index (χ1v) is 17.5. The lowest BCUT2D eigenvalue weighted by Crippen LogP contribution is -2.26. The van der Waals surface area contributed by atoms with E-state index in [4.69, 9.17) is 4.42 Å².